The third-order valence-corrected chi connectivity index (χ3v) is 5.26. The summed E-state index contributed by atoms with van der Waals surface area (Å²) in [5, 5.41) is 2.06. The van der Waals surface area contributed by atoms with Crippen LogP contribution in [0.2, 0.25) is 0 Å². The van der Waals surface area contributed by atoms with Gasteiger partial charge in [0.1, 0.15) is 17.8 Å². The number of nitrogens with zero attached hydrogens (tertiary/aromatic N) is 2. The average molecular weight is 409 g/mol. The van der Waals surface area contributed by atoms with Gasteiger partial charge in [-0.05, 0) is 47.9 Å². The molecule has 2 amide bonds. The summed E-state index contributed by atoms with van der Waals surface area (Å²) in [5.41, 5.74) is 5.58. The molecule has 3 aromatic rings. The van der Waals surface area contributed by atoms with Crippen molar-refractivity contribution in [3.05, 3.63) is 54.2 Å². The molecule has 0 unspecified atom stereocenters. The number of amides is 2. The summed E-state index contributed by atoms with van der Waals surface area (Å²) >= 11 is 0. The molecule has 0 bridgehead atoms. The second kappa shape index (κ2) is 8.44. The maximum Gasteiger partial charge on any atom is 0.275 e. The molecule has 1 atom stereocenters. The fraction of sp³-hybridized carbons (Fsp3) is 0.318. The molecular weight excluding hydrogens is 386 g/mol. The molecule has 1 aliphatic rings. The zero-order valence-corrected chi connectivity index (χ0v) is 16.7. The Hall–Kier alpha value is -3.55. The number of aromatic nitrogens is 1. The topological polar surface area (TPSA) is 108 Å². The molecule has 0 aliphatic carbocycles. The quantitative estimate of drug-likeness (QED) is 0.671. The largest absolute Gasteiger partial charge is 0.497 e. The van der Waals surface area contributed by atoms with E-state index in [1.54, 1.807) is 12.0 Å². The van der Waals surface area contributed by atoms with E-state index in [2.05, 4.69) is 4.98 Å². The van der Waals surface area contributed by atoms with Crippen LogP contribution in [0.4, 0.5) is 0 Å². The lowest BCUT2D eigenvalue weighted by molar-refractivity contribution is -0.123. The average Bonchev–Trinajstić information content (AvgIpc) is 3.25. The Morgan fingerprint density at radius 3 is 2.73 bits per heavy atom. The van der Waals surface area contributed by atoms with Crippen LogP contribution in [0, 0.1) is 5.92 Å². The number of oxazole rings is 1. The first-order valence-corrected chi connectivity index (χ1v) is 9.77. The normalized spacial score (nSPS) is 16.4. The number of ether oxygens (including phenoxy) is 2. The van der Waals surface area contributed by atoms with Gasteiger partial charge in [0.25, 0.3) is 5.91 Å². The number of piperidine rings is 1. The van der Waals surface area contributed by atoms with Crippen molar-refractivity contribution in [2.24, 2.45) is 11.7 Å². The van der Waals surface area contributed by atoms with Crippen LogP contribution < -0.4 is 15.2 Å². The van der Waals surface area contributed by atoms with E-state index in [9.17, 15) is 9.59 Å². The van der Waals surface area contributed by atoms with Crippen LogP contribution in [0.5, 0.6) is 11.5 Å². The van der Waals surface area contributed by atoms with Crippen molar-refractivity contribution in [1.29, 1.82) is 0 Å². The minimum absolute atomic E-state index is 0.0899. The molecule has 0 radical (unpaired) electrons. The molecule has 1 saturated heterocycles. The summed E-state index contributed by atoms with van der Waals surface area (Å²) in [4.78, 5) is 29.9. The standard InChI is InChI=1S/C22H23N3O5/c1-28-17-6-4-14-5-7-18(10-16(14)9-17)29-13-20-24-19(12-30-20)22(27)25-8-2-3-15(11-25)21(23)26/h4-7,9-10,12,15H,2-3,8,11,13H2,1H3,(H2,23,26)/t15-/m1/s1. The highest BCUT2D eigenvalue weighted by atomic mass is 16.5. The van der Waals surface area contributed by atoms with Gasteiger partial charge in [0.15, 0.2) is 12.3 Å². The van der Waals surface area contributed by atoms with Gasteiger partial charge in [0, 0.05) is 13.1 Å². The summed E-state index contributed by atoms with van der Waals surface area (Å²) in [6.45, 7) is 0.974. The monoisotopic (exact) mass is 409 g/mol. The number of fused-ring (bicyclic) bond motifs is 1. The van der Waals surface area contributed by atoms with Gasteiger partial charge in [0.05, 0.1) is 13.0 Å². The summed E-state index contributed by atoms with van der Waals surface area (Å²) < 4.78 is 16.4. The predicted octanol–water partition coefficient (Wildman–Crippen LogP) is 2.75. The number of rotatable bonds is 6. The summed E-state index contributed by atoms with van der Waals surface area (Å²) in [5.74, 6) is 0.758. The van der Waals surface area contributed by atoms with E-state index < -0.39 is 0 Å². The van der Waals surface area contributed by atoms with E-state index in [1.807, 2.05) is 36.4 Å². The van der Waals surface area contributed by atoms with Gasteiger partial charge in [0.2, 0.25) is 11.8 Å². The van der Waals surface area contributed by atoms with Gasteiger partial charge < -0.3 is 24.5 Å². The fourth-order valence-electron chi connectivity index (χ4n) is 3.60. The first-order chi connectivity index (χ1) is 14.5. The molecule has 1 aromatic heterocycles. The molecule has 8 heteroatoms. The first kappa shape index (κ1) is 19.8. The zero-order chi connectivity index (χ0) is 21.1. The minimum atomic E-state index is -0.380. The highest BCUT2D eigenvalue weighted by Gasteiger charge is 2.29. The van der Waals surface area contributed by atoms with Crippen molar-refractivity contribution in [3.8, 4) is 11.5 Å². The number of hydrogen-bond donors (Lipinski definition) is 1. The molecule has 8 nitrogen and oxygen atoms in total. The molecular formula is C22H23N3O5. The van der Waals surface area contributed by atoms with E-state index in [0.29, 0.717) is 31.2 Å². The number of benzene rings is 2. The first-order valence-electron chi connectivity index (χ1n) is 9.77. The van der Waals surface area contributed by atoms with Crippen LogP contribution in [0.25, 0.3) is 10.8 Å². The fourth-order valence-corrected chi connectivity index (χ4v) is 3.60. The molecule has 30 heavy (non-hydrogen) atoms. The highest BCUT2D eigenvalue weighted by Crippen LogP contribution is 2.25. The van der Waals surface area contributed by atoms with Crippen molar-refractivity contribution in [3.63, 3.8) is 0 Å². The van der Waals surface area contributed by atoms with E-state index in [4.69, 9.17) is 19.6 Å². The number of primary amides is 1. The van der Waals surface area contributed by atoms with E-state index in [-0.39, 0.29) is 30.0 Å². The van der Waals surface area contributed by atoms with Gasteiger partial charge in [-0.3, -0.25) is 9.59 Å². The Balaban J connectivity index is 1.40. The summed E-state index contributed by atoms with van der Waals surface area (Å²) in [6, 6.07) is 11.5. The third kappa shape index (κ3) is 4.22. The Morgan fingerprint density at radius 1 is 1.20 bits per heavy atom. The van der Waals surface area contributed by atoms with Crippen molar-refractivity contribution in [2.75, 3.05) is 20.2 Å². The Bertz CT molecular complexity index is 1080. The number of carbonyl (C=O) groups is 2. The lowest BCUT2D eigenvalue weighted by Gasteiger charge is -2.30. The molecule has 156 valence electrons. The lowest BCUT2D eigenvalue weighted by atomic mass is 9.97. The van der Waals surface area contributed by atoms with Gasteiger partial charge in [-0.2, -0.15) is 0 Å². The SMILES string of the molecule is COc1ccc2ccc(OCc3nc(C(=O)N4CCC[C@@H](C(N)=O)C4)co3)cc2c1. The summed E-state index contributed by atoms with van der Waals surface area (Å²) in [7, 11) is 1.63. The molecule has 1 aliphatic heterocycles. The van der Waals surface area contributed by atoms with Crippen LogP contribution in [0.15, 0.2) is 47.1 Å². The highest BCUT2D eigenvalue weighted by molar-refractivity contribution is 5.92. The molecule has 2 N–H and O–H groups in total. The van der Waals surface area contributed by atoms with Crippen molar-refractivity contribution >= 4 is 22.6 Å². The third-order valence-electron chi connectivity index (χ3n) is 5.26. The zero-order valence-electron chi connectivity index (χ0n) is 16.7. The van der Waals surface area contributed by atoms with Crippen LogP contribution in [0.3, 0.4) is 0 Å². The predicted molar refractivity (Wildman–Crippen MR) is 109 cm³/mol. The van der Waals surface area contributed by atoms with Gasteiger partial charge >= 0.3 is 0 Å². The summed E-state index contributed by atoms with van der Waals surface area (Å²) in [6.07, 6.45) is 2.76. The van der Waals surface area contributed by atoms with Crippen molar-refractivity contribution in [1.82, 2.24) is 9.88 Å². The molecule has 2 heterocycles. The van der Waals surface area contributed by atoms with Gasteiger partial charge in [-0.15, -0.1) is 0 Å². The Kier molecular flexibility index (Phi) is 5.56. The molecule has 2 aromatic carbocycles. The van der Waals surface area contributed by atoms with Crippen molar-refractivity contribution in [2.45, 2.75) is 19.4 Å². The second-order valence-electron chi connectivity index (χ2n) is 7.28. The lowest BCUT2D eigenvalue weighted by Crippen LogP contribution is -2.44. The Morgan fingerprint density at radius 2 is 1.97 bits per heavy atom. The van der Waals surface area contributed by atoms with Crippen LogP contribution >= 0.6 is 0 Å². The number of carbonyl (C=O) groups excluding carboxylic acids is 2. The maximum atomic E-state index is 12.7. The van der Waals surface area contributed by atoms with Gasteiger partial charge in [-0.1, -0.05) is 12.1 Å². The number of likely N-dealkylation sites (tertiary alicyclic amines) is 1. The van der Waals surface area contributed by atoms with Crippen molar-refractivity contribution < 1.29 is 23.5 Å². The number of nitrogens with two attached hydrogens (primary N) is 1. The molecule has 0 spiro atoms. The Labute approximate surface area is 173 Å². The van der Waals surface area contributed by atoms with Crippen LogP contribution in [0.1, 0.15) is 29.2 Å². The van der Waals surface area contributed by atoms with Gasteiger partial charge in [-0.25, -0.2) is 4.98 Å². The molecule has 0 saturated carbocycles. The second-order valence-corrected chi connectivity index (χ2v) is 7.28. The number of hydrogen-bond acceptors (Lipinski definition) is 6. The molecule has 4 rings (SSSR count). The minimum Gasteiger partial charge on any atom is -0.497 e. The van der Waals surface area contributed by atoms with Crippen LogP contribution in [-0.4, -0.2) is 41.9 Å². The van der Waals surface area contributed by atoms with E-state index in [1.165, 1.54) is 6.26 Å². The number of methoxy groups -OCH3 is 1. The van der Waals surface area contributed by atoms with E-state index >= 15 is 0 Å². The molecule has 1 fully saturated rings. The maximum absolute atomic E-state index is 12.7. The van der Waals surface area contributed by atoms with E-state index in [0.717, 1.165) is 22.9 Å². The van der Waals surface area contributed by atoms with Crippen LogP contribution in [-0.2, 0) is 11.4 Å². The smallest absolute Gasteiger partial charge is 0.275 e.